The van der Waals surface area contributed by atoms with E-state index in [1.54, 1.807) is 20.0 Å². The predicted octanol–water partition coefficient (Wildman–Crippen LogP) is 0.480. The molecule has 2 aromatic rings. The summed E-state index contributed by atoms with van der Waals surface area (Å²) >= 11 is 0. The Morgan fingerprint density at radius 1 is 1.48 bits per heavy atom. The Kier molecular flexibility index (Phi) is 5.37. The van der Waals surface area contributed by atoms with Crippen LogP contribution in [0.2, 0.25) is 0 Å². The second kappa shape index (κ2) is 7.28. The van der Waals surface area contributed by atoms with Crippen LogP contribution in [0.5, 0.6) is 0 Å². The van der Waals surface area contributed by atoms with Crippen LogP contribution in [0, 0.1) is 5.82 Å². The van der Waals surface area contributed by atoms with Crippen LogP contribution in [0.3, 0.4) is 0 Å². The van der Waals surface area contributed by atoms with Gasteiger partial charge in [0, 0.05) is 26.2 Å². The molecule has 1 fully saturated rings. The molecule has 148 valence electrons. The van der Waals surface area contributed by atoms with Crippen LogP contribution in [-0.2, 0) is 21.8 Å². The van der Waals surface area contributed by atoms with Crippen molar-refractivity contribution in [1.29, 1.82) is 0 Å². The molecular weight excluding hydrogens is 377 g/mol. The van der Waals surface area contributed by atoms with Crippen LogP contribution in [-0.4, -0.2) is 52.5 Å². The molecule has 1 aromatic carbocycles. The summed E-state index contributed by atoms with van der Waals surface area (Å²) in [5.74, 6) is -0.450. The molecule has 0 saturated carbocycles. The number of hydrogen-bond acceptors (Lipinski definition) is 6. The lowest BCUT2D eigenvalue weighted by Crippen LogP contribution is -2.59. The Morgan fingerprint density at radius 2 is 2.22 bits per heavy atom. The van der Waals surface area contributed by atoms with Gasteiger partial charge in [0.05, 0.1) is 18.5 Å². The minimum atomic E-state index is -3.96. The number of halogens is 1. The maximum absolute atomic E-state index is 13.5. The third kappa shape index (κ3) is 4.19. The van der Waals surface area contributed by atoms with Crippen molar-refractivity contribution in [2.24, 2.45) is 7.05 Å². The zero-order chi connectivity index (χ0) is 19.8. The van der Waals surface area contributed by atoms with Crippen molar-refractivity contribution in [3.05, 3.63) is 48.2 Å². The highest BCUT2D eigenvalue weighted by atomic mass is 32.2. The number of sulfonamides is 1. The van der Waals surface area contributed by atoms with Crippen LogP contribution in [0.1, 0.15) is 25.0 Å². The predicted molar refractivity (Wildman–Crippen MR) is 93.7 cm³/mol. The monoisotopic (exact) mass is 399 g/mol. The number of ether oxygens (including phenoxy) is 1. The summed E-state index contributed by atoms with van der Waals surface area (Å²) in [5, 5.41) is 21.1. The highest BCUT2D eigenvalue weighted by Gasteiger charge is 2.47. The number of hydrogen-bond donors (Lipinski definition) is 3. The van der Waals surface area contributed by atoms with Crippen molar-refractivity contribution in [2.75, 3.05) is 6.54 Å². The Bertz CT molecular complexity index is 919. The van der Waals surface area contributed by atoms with Gasteiger partial charge in [-0.1, -0.05) is 12.1 Å². The van der Waals surface area contributed by atoms with Gasteiger partial charge >= 0.3 is 0 Å². The zero-order valence-corrected chi connectivity index (χ0v) is 15.7. The van der Waals surface area contributed by atoms with E-state index in [2.05, 4.69) is 9.71 Å². The quantitative estimate of drug-likeness (QED) is 0.674. The summed E-state index contributed by atoms with van der Waals surface area (Å²) in [6, 6.07) is 5.74. The number of nitrogens with one attached hydrogen (secondary N) is 1. The fraction of sp³-hybridized carbons (Fsp3) is 0.471. The lowest BCUT2D eigenvalue weighted by molar-refractivity contribution is -0.209. The molecule has 3 N–H and O–H groups in total. The van der Waals surface area contributed by atoms with E-state index in [0.29, 0.717) is 5.56 Å². The molecule has 0 amide bonds. The molecule has 0 bridgehead atoms. The van der Waals surface area contributed by atoms with Gasteiger partial charge < -0.3 is 19.5 Å². The van der Waals surface area contributed by atoms with Gasteiger partial charge in [0.2, 0.25) is 0 Å². The van der Waals surface area contributed by atoms with Gasteiger partial charge in [0.15, 0.2) is 5.03 Å². The number of aryl methyl sites for hydroxylation is 1. The number of benzene rings is 1. The van der Waals surface area contributed by atoms with Gasteiger partial charge in [-0.05, 0) is 24.6 Å². The first-order valence-electron chi connectivity index (χ1n) is 8.40. The molecule has 27 heavy (non-hydrogen) atoms. The average molecular weight is 399 g/mol. The summed E-state index contributed by atoms with van der Waals surface area (Å²) in [7, 11) is -2.33. The molecule has 0 aliphatic carbocycles. The first-order chi connectivity index (χ1) is 12.6. The molecule has 0 spiro atoms. The molecule has 0 radical (unpaired) electrons. The molecule has 4 atom stereocenters. The molecule has 1 saturated heterocycles. The van der Waals surface area contributed by atoms with Gasteiger partial charge in [-0.3, -0.25) is 0 Å². The Morgan fingerprint density at radius 3 is 2.85 bits per heavy atom. The maximum Gasteiger partial charge on any atom is 0.259 e. The van der Waals surface area contributed by atoms with E-state index in [1.165, 1.54) is 35.3 Å². The van der Waals surface area contributed by atoms with E-state index in [4.69, 9.17) is 4.74 Å². The standard InChI is InChI=1S/C17H22FN3O5S/c1-11-16(22)17(23,7-14(26-11)12-4-3-5-13(18)6-12)9-20-27(24,25)15-8-21(2)10-19-15/h3-6,8,10-11,14,16,20,22-23H,7,9H2,1-2H3/t11-,14-,16-,17-/m1/s1. The second-order valence-electron chi connectivity index (χ2n) is 6.84. The van der Waals surface area contributed by atoms with Crippen molar-refractivity contribution in [2.45, 2.75) is 42.3 Å². The lowest BCUT2D eigenvalue weighted by atomic mass is 9.82. The van der Waals surface area contributed by atoms with Crippen LogP contribution < -0.4 is 4.72 Å². The van der Waals surface area contributed by atoms with E-state index in [0.717, 1.165) is 0 Å². The highest BCUT2D eigenvalue weighted by molar-refractivity contribution is 7.89. The third-order valence-corrected chi connectivity index (χ3v) is 5.94. The van der Waals surface area contributed by atoms with Crippen LogP contribution in [0.25, 0.3) is 0 Å². The average Bonchev–Trinajstić information content (AvgIpc) is 3.05. The van der Waals surface area contributed by atoms with Crippen molar-refractivity contribution < 1.29 is 27.8 Å². The van der Waals surface area contributed by atoms with Crippen molar-refractivity contribution in [1.82, 2.24) is 14.3 Å². The second-order valence-corrected chi connectivity index (χ2v) is 8.55. The normalized spacial score (nSPS) is 29.0. The van der Waals surface area contributed by atoms with Crippen molar-refractivity contribution in [3.63, 3.8) is 0 Å². The molecule has 10 heteroatoms. The summed E-state index contributed by atoms with van der Waals surface area (Å²) in [4.78, 5) is 3.78. The van der Waals surface area contributed by atoms with E-state index in [1.807, 2.05) is 0 Å². The number of rotatable bonds is 5. The first-order valence-corrected chi connectivity index (χ1v) is 9.88. The topological polar surface area (TPSA) is 114 Å². The smallest absolute Gasteiger partial charge is 0.259 e. The molecule has 1 aliphatic rings. The van der Waals surface area contributed by atoms with Crippen LogP contribution >= 0.6 is 0 Å². The maximum atomic E-state index is 13.5. The zero-order valence-electron chi connectivity index (χ0n) is 14.9. The molecular formula is C17H22FN3O5S. The van der Waals surface area contributed by atoms with Gasteiger partial charge in [0.25, 0.3) is 10.0 Å². The largest absolute Gasteiger partial charge is 0.387 e. The highest BCUT2D eigenvalue weighted by Crippen LogP contribution is 2.37. The van der Waals surface area contributed by atoms with Gasteiger partial charge in [-0.25, -0.2) is 22.5 Å². The van der Waals surface area contributed by atoms with Gasteiger partial charge in [0.1, 0.15) is 17.5 Å². The third-order valence-electron chi connectivity index (χ3n) is 4.66. The van der Waals surface area contributed by atoms with E-state index >= 15 is 0 Å². The Labute approximate surface area is 156 Å². The molecule has 1 aromatic heterocycles. The SMILES string of the molecule is C[C@H]1O[C@@H](c2cccc(F)c2)C[C@@](O)(CNS(=O)(=O)c2cn(C)cn2)[C@@H]1O. The molecule has 2 heterocycles. The lowest BCUT2D eigenvalue weighted by Gasteiger charge is -2.44. The summed E-state index contributed by atoms with van der Waals surface area (Å²) < 4.78 is 47.7. The van der Waals surface area contributed by atoms with E-state index in [9.17, 15) is 23.0 Å². The summed E-state index contributed by atoms with van der Waals surface area (Å²) in [6.07, 6.45) is -0.236. The Balaban J connectivity index is 1.79. The first kappa shape index (κ1) is 19.9. The van der Waals surface area contributed by atoms with E-state index < -0.39 is 46.3 Å². The molecule has 3 rings (SSSR count). The van der Waals surface area contributed by atoms with Gasteiger partial charge in [-0.2, -0.15) is 0 Å². The van der Waals surface area contributed by atoms with Crippen molar-refractivity contribution >= 4 is 10.0 Å². The fourth-order valence-electron chi connectivity index (χ4n) is 3.16. The molecule has 1 aliphatic heterocycles. The number of aromatic nitrogens is 2. The fourth-order valence-corrected chi connectivity index (χ4v) is 4.24. The molecule has 0 unspecified atom stereocenters. The number of aliphatic hydroxyl groups is 2. The molecule has 8 nitrogen and oxygen atoms in total. The van der Waals surface area contributed by atoms with Crippen LogP contribution in [0.15, 0.2) is 41.8 Å². The van der Waals surface area contributed by atoms with E-state index in [-0.39, 0.29) is 11.4 Å². The summed E-state index contributed by atoms with van der Waals surface area (Å²) in [5.41, 5.74) is -1.30. The summed E-state index contributed by atoms with van der Waals surface area (Å²) in [6.45, 7) is 1.13. The minimum absolute atomic E-state index is 0.104. The number of imidazole rings is 1. The van der Waals surface area contributed by atoms with Gasteiger partial charge in [-0.15, -0.1) is 0 Å². The number of aliphatic hydroxyl groups excluding tert-OH is 1. The minimum Gasteiger partial charge on any atom is -0.387 e. The number of nitrogens with zero attached hydrogens (tertiary/aromatic N) is 2. The van der Waals surface area contributed by atoms with Crippen molar-refractivity contribution in [3.8, 4) is 0 Å². The van der Waals surface area contributed by atoms with Crippen LogP contribution in [0.4, 0.5) is 4.39 Å². The Hall–Kier alpha value is -1.85.